The van der Waals surface area contributed by atoms with Gasteiger partial charge in [0.05, 0.1) is 12.0 Å². The first kappa shape index (κ1) is 8.35. The topological polar surface area (TPSA) is 12.5 Å². The van der Waals surface area contributed by atoms with Crippen LogP contribution < -0.4 is 0 Å². The van der Waals surface area contributed by atoms with Crippen LogP contribution in [0.25, 0.3) is 0 Å². The maximum Gasteiger partial charge on any atom is 0.108 e. The summed E-state index contributed by atoms with van der Waals surface area (Å²) in [7, 11) is 0. The highest BCUT2D eigenvalue weighted by Gasteiger charge is 2.53. The molecule has 0 aliphatic carbocycles. The van der Waals surface area contributed by atoms with Crippen molar-refractivity contribution in [1.29, 1.82) is 0 Å². The SMILES string of the molecule is CCCC1OC1(CC)CCl. The molecule has 1 saturated heterocycles. The van der Waals surface area contributed by atoms with Crippen LogP contribution >= 0.6 is 11.6 Å². The highest BCUT2D eigenvalue weighted by molar-refractivity contribution is 6.18. The van der Waals surface area contributed by atoms with Gasteiger partial charge in [0.25, 0.3) is 0 Å². The van der Waals surface area contributed by atoms with E-state index in [1.807, 2.05) is 0 Å². The Morgan fingerprint density at radius 2 is 2.20 bits per heavy atom. The van der Waals surface area contributed by atoms with Gasteiger partial charge in [-0.05, 0) is 12.8 Å². The number of ether oxygens (including phenoxy) is 1. The van der Waals surface area contributed by atoms with Gasteiger partial charge in [-0.25, -0.2) is 0 Å². The zero-order valence-corrected chi connectivity index (χ0v) is 7.45. The Balaban J connectivity index is 2.30. The molecule has 1 aliphatic heterocycles. The van der Waals surface area contributed by atoms with Gasteiger partial charge in [-0.15, -0.1) is 11.6 Å². The minimum atomic E-state index is 0.0670. The monoisotopic (exact) mass is 162 g/mol. The summed E-state index contributed by atoms with van der Waals surface area (Å²) in [5.41, 5.74) is 0.0670. The molecule has 1 rings (SSSR count). The van der Waals surface area contributed by atoms with Gasteiger partial charge in [0.2, 0.25) is 0 Å². The molecule has 1 heterocycles. The third-order valence-electron chi connectivity index (χ3n) is 2.28. The Morgan fingerprint density at radius 1 is 1.50 bits per heavy atom. The van der Waals surface area contributed by atoms with Gasteiger partial charge in [-0.2, -0.15) is 0 Å². The van der Waals surface area contributed by atoms with Crippen LogP contribution in [0.3, 0.4) is 0 Å². The van der Waals surface area contributed by atoms with Gasteiger partial charge in [0, 0.05) is 0 Å². The van der Waals surface area contributed by atoms with Crippen LogP contribution in [-0.4, -0.2) is 17.6 Å². The summed E-state index contributed by atoms with van der Waals surface area (Å²) in [4.78, 5) is 0. The van der Waals surface area contributed by atoms with Gasteiger partial charge in [0.1, 0.15) is 5.60 Å². The summed E-state index contributed by atoms with van der Waals surface area (Å²) in [5.74, 6) is 0.661. The Kier molecular flexibility index (Phi) is 2.59. The van der Waals surface area contributed by atoms with Crippen LogP contribution in [-0.2, 0) is 4.74 Å². The highest BCUT2D eigenvalue weighted by Crippen LogP contribution is 2.43. The maximum atomic E-state index is 5.76. The van der Waals surface area contributed by atoms with Gasteiger partial charge in [-0.1, -0.05) is 20.3 Å². The van der Waals surface area contributed by atoms with Gasteiger partial charge in [0.15, 0.2) is 0 Å². The molecule has 2 heteroatoms. The van der Waals surface area contributed by atoms with E-state index in [1.165, 1.54) is 12.8 Å². The summed E-state index contributed by atoms with van der Waals surface area (Å²) < 4.78 is 5.51. The second-order valence-corrected chi connectivity index (χ2v) is 3.21. The van der Waals surface area contributed by atoms with Crippen LogP contribution in [0.15, 0.2) is 0 Å². The van der Waals surface area contributed by atoms with Crippen molar-refractivity contribution in [2.75, 3.05) is 5.88 Å². The number of epoxide rings is 1. The number of alkyl halides is 1. The Labute approximate surface area is 67.7 Å². The van der Waals surface area contributed by atoms with Crippen LogP contribution in [0, 0.1) is 0 Å². The van der Waals surface area contributed by atoms with E-state index in [-0.39, 0.29) is 5.60 Å². The molecule has 2 unspecified atom stereocenters. The minimum Gasteiger partial charge on any atom is -0.365 e. The molecule has 0 amide bonds. The second-order valence-electron chi connectivity index (χ2n) is 2.95. The third kappa shape index (κ3) is 1.30. The molecule has 1 nitrogen and oxygen atoms in total. The maximum absolute atomic E-state index is 5.76. The fraction of sp³-hybridized carbons (Fsp3) is 1.00. The zero-order valence-electron chi connectivity index (χ0n) is 6.69. The fourth-order valence-electron chi connectivity index (χ4n) is 1.36. The molecule has 1 fully saturated rings. The normalized spacial score (nSPS) is 38.1. The average Bonchev–Trinajstić information content (AvgIpc) is 2.65. The molecular formula is C8H15ClO. The molecule has 2 atom stereocenters. The van der Waals surface area contributed by atoms with Crippen molar-refractivity contribution in [1.82, 2.24) is 0 Å². The smallest absolute Gasteiger partial charge is 0.108 e. The lowest BCUT2D eigenvalue weighted by atomic mass is 10.0. The van der Waals surface area contributed by atoms with E-state index in [0.717, 1.165) is 6.42 Å². The molecular weight excluding hydrogens is 148 g/mol. The van der Waals surface area contributed by atoms with Crippen molar-refractivity contribution in [2.24, 2.45) is 0 Å². The molecule has 0 spiro atoms. The standard InChI is InChI=1S/C8H15ClO/c1-3-5-7-8(4-2,6-9)10-7/h7H,3-6H2,1-2H3. The van der Waals surface area contributed by atoms with Gasteiger partial charge >= 0.3 is 0 Å². The fourth-order valence-corrected chi connectivity index (χ4v) is 1.78. The molecule has 0 N–H and O–H groups in total. The Bertz CT molecular complexity index is 110. The van der Waals surface area contributed by atoms with E-state index in [2.05, 4.69) is 13.8 Å². The van der Waals surface area contributed by atoms with Crippen molar-refractivity contribution in [3.63, 3.8) is 0 Å². The van der Waals surface area contributed by atoms with Crippen LogP contribution in [0.5, 0.6) is 0 Å². The first-order valence-corrected chi connectivity index (χ1v) is 4.56. The predicted molar refractivity (Wildman–Crippen MR) is 43.5 cm³/mol. The zero-order chi connectivity index (χ0) is 7.61. The molecule has 1 aliphatic rings. The van der Waals surface area contributed by atoms with Crippen molar-refractivity contribution >= 4 is 11.6 Å². The average molecular weight is 163 g/mol. The van der Waals surface area contributed by atoms with Crippen molar-refractivity contribution in [2.45, 2.75) is 44.8 Å². The van der Waals surface area contributed by atoms with E-state index >= 15 is 0 Å². The Hall–Kier alpha value is 0.250. The van der Waals surface area contributed by atoms with Gasteiger partial charge in [-0.3, -0.25) is 0 Å². The van der Waals surface area contributed by atoms with E-state index in [4.69, 9.17) is 16.3 Å². The second kappa shape index (κ2) is 3.10. The number of hydrogen-bond donors (Lipinski definition) is 0. The first-order valence-electron chi connectivity index (χ1n) is 4.03. The highest BCUT2D eigenvalue weighted by atomic mass is 35.5. The third-order valence-corrected chi connectivity index (χ3v) is 2.73. The molecule has 0 aromatic carbocycles. The molecule has 60 valence electrons. The van der Waals surface area contributed by atoms with Gasteiger partial charge < -0.3 is 4.74 Å². The Morgan fingerprint density at radius 3 is 2.50 bits per heavy atom. The molecule has 0 radical (unpaired) electrons. The summed E-state index contributed by atoms with van der Waals surface area (Å²) in [5, 5.41) is 0. The molecule has 0 saturated carbocycles. The van der Waals surface area contributed by atoms with E-state index in [1.54, 1.807) is 0 Å². The molecule has 0 aromatic heterocycles. The largest absolute Gasteiger partial charge is 0.365 e. The first-order chi connectivity index (χ1) is 4.79. The van der Waals surface area contributed by atoms with Crippen LogP contribution in [0.4, 0.5) is 0 Å². The summed E-state index contributed by atoms with van der Waals surface area (Å²) in [6, 6.07) is 0. The lowest BCUT2D eigenvalue weighted by molar-refractivity contribution is 0.302. The van der Waals surface area contributed by atoms with Crippen molar-refractivity contribution in [3.8, 4) is 0 Å². The van der Waals surface area contributed by atoms with E-state index in [0.29, 0.717) is 12.0 Å². The number of hydrogen-bond acceptors (Lipinski definition) is 1. The van der Waals surface area contributed by atoms with E-state index in [9.17, 15) is 0 Å². The summed E-state index contributed by atoms with van der Waals surface area (Å²) in [6.45, 7) is 4.31. The lowest BCUT2D eigenvalue weighted by Gasteiger charge is -2.02. The summed E-state index contributed by atoms with van der Waals surface area (Å²) >= 11 is 5.76. The van der Waals surface area contributed by atoms with Crippen molar-refractivity contribution in [3.05, 3.63) is 0 Å². The molecule has 10 heavy (non-hydrogen) atoms. The van der Waals surface area contributed by atoms with Crippen LogP contribution in [0.1, 0.15) is 33.1 Å². The minimum absolute atomic E-state index is 0.0670. The molecule has 0 aromatic rings. The predicted octanol–water partition coefficient (Wildman–Crippen LogP) is 2.57. The van der Waals surface area contributed by atoms with Crippen LogP contribution in [0.2, 0.25) is 0 Å². The quantitative estimate of drug-likeness (QED) is 0.457. The van der Waals surface area contributed by atoms with E-state index < -0.39 is 0 Å². The number of rotatable bonds is 4. The lowest BCUT2D eigenvalue weighted by Crippen LogP contribution is -2.15. The number of halogens is 1. The summed E-state index contributed by atoms with van der Waals surface area (Å²) in [6.07, 6.45) is 3.88. The molecule has 0 bridgehead atoms. The van der Waals surface area contributed by atoms with Crippen molar-refractivity contribution < 1.29 is 4.74 Å².